The number of thioether (sulfide) groups is 1. The number of fused-ring (bicyclic) bond motifs is 3. The topological polar surface area (TPSA) is 52.1 Å². The fourth-order valence-electron chi connectivity index (χ4n) is 2.74. The van der Waals surface area contributed by atoms with Crippen molar-refractivity contribution in [3.63, 3.8) is 0 Å². The highest BCUT2D eigenvalue weighted by molar-refractivity contribution is 8.00. The fraction of sp³-hybridized carbons (Fsp3) is 0.562. The number of rotatable bonds is 5. The summed E-state index contributed by atoms with van der Waals surface area (Å²) in [5, 5.41) is 2.09. The first-order valence-corrected chi connectivity index (χ1v) is 9.53. The standard InChI is InChI=1S/C16H20N2O2S2/c1-3-6-20-13(19)8-21-15-14-11-5-4-10(2)7-12(11)22-16(14)18-9-17-15/h9-10H,3-8H2,1-2H3/t10-/m1/s1. The number of esters is 1. The summed E-state index contributed by atoms with van der Waals surface area (Å²) < 4.78 is 5.13. The first-order chi connectivity index (χ1) is 10.7. The maximum Gasteiger partial charge on any atom is 0.316 e. The summed E-state index contributed by atoms with van der Waals surface area (Å²) in [6, 6.07) is 0. The van der Waals surface area contributed by atoms with Crippen LogP contribution < -0.4 is 0 Å². The second kappa shape index (κ2) is 6.96. The Morgan fingerprint density at radius 3 is 3.18 bits per heavy atom. The molecule has 0 saturated carbocycles. The first kappa shape index (κ1) is 15.7. The second-order valence-electron chi connectivity index (χ2n) is 5.72. The van der Waals surface area contributed by atoms with E-state index >= 15 is 0 Å². The van der Waals surface area contributed by atoms with Crippen molar-refractivity contribution in [3.8, 4) is 0 Å². The van der Waals surface area contributed by atoms with E-state index in [1.807, 2.05) is 6.92 Å². The van der Waals surface area contributed by atoms with Crippen LogP contribution in [-0.2, 0) is 22.4 Å². The van der Waals surface area contributed by atoms with E-state index in [9.17, 15) is 4.79 Å². The van der Waals surface area contributed by atoms with Crippen LogP contribution in [0.5, 0.6) is 0 Å². The summed E-state index contributed by atoms with van der Waals surface area (Å²) in [5.41, 5.74) is 1.41. The third-order valence-electron chi connectivity index (χ3n) is 3.85. The molecule has 0 radical (unpaired) electrons. The van der Waals surface area contributed by atoms with Gasteiger partial charge < -0.3 is 4.74 Å². The van der Waals surface area contributed by atoms with Gasteiger partial charge in [0.15, 0.2) is 0 Å². The highest BCUT2D eigenvalue weighted by Gasteiger charge is 2.23. The van der Waals surface area contributed by atoms with E-state index < -0.39 is 0 Å². The molecule has 0 aliphatic heterocycles. The zero-order valence-corrected chi connectivity index (χ0v) is 14.6. The predicted octanol–water partition coefficient (Wildman–Crippen LogP) is 3.86. The molecule has 3 rings (SSSR count). The maximum atomic E-state index is 11.7. The molecule has 1 aliphatic rings. The van der Waals surface area contributed by atoms with Crippen molar-refractivity contribution in [2.75, 3.05) is 12.4 Å². The van der Waals surface area contributed by atoms with Crippen LogP contribution in [0, 0.1) is 5.92 Å². The smallest absolute Gasteiger partial charge is 0.316 e. The van der Waals surface area contributed by atoms with Gasteiger partial charge in [0.1, 0.15) is 16.2 Å². The molecule has 118 valence electrons. The molecule has 4 nitrogen and oxygen atoms in total. The van der Waals surface area contributed by atoms with Gasteiger partial charge in [-0.1, -0.05) is 25.6 Å². The molecule has 0 fully saturated rings. The van der Waals surface area contributed by atoms with E-state index in [0.29, 0.717) is 12.4 Å². The van der Waals surface area contributed by atoms with Crippen LogP contribution in [-0.4, -0.2) is 28.3 Å². The van der Waals surface area contributed by atoms with Gasteiger partial charge in [0.05, 0.1) is 12.4 Å². The van der Waals surface area contributed by atoms with Crippen molar-refractivity contribution in [2.45, 2.75) is 44.6 Å². The van der Waals surface area contributed by atoms with Crippen LogP contribution in [0.2, 0.25) is 0 Å². The fourth-order valence-corrected chi connectivity index (χ4v) is 4.98. The minimum atomic E-state index is -0.170. The quantitative estimate of drug-likeness (QED) is 0.471. The summed E-state index contributed by atoms with van der Waals surface area (Å²) in [6.07, 6.45) is 5.91. The summed E-state index contributed by atoms with van der Waals surface area (Å²) in [7, 11) is 0. The zero-order valence-electron chi connectivity index (χ0n) is 12.9. The molecule has 0 unspecified atom stereocenters. The van der Waals surface area contributed by atoms with Crippen molar-refractivity contribution < 1.29 is 9.53 Å². The maximum absolute atomic E-state index is 11.7. The van der Waals surface area contributed by atoms with Gasteiger partial charge in [-0.3, -0.25) is 4.79 Å². The number of carbonyl (C=O) groups excluding carboxylic acids is 1. The lowest BCUT2D eigenvalue weighted by Gasteiger charge is -2.18. The molecule has 1 atom stereocenters. The van der Waals surface area contributed by atoms with E-state index in [2.05, 4.69) is 16.9 Å². The molecule has 2 aromatic rings. The third kappa shape index (κ3) is 3.27. The van der Waals surface area contributed by atoms with Gasteiger partial charge in [0.25, 0.3) is 0 Å². The Morgan fingerprint density at radius 2 is 2.36 bits per heavy atom. The van der Waals surface area contributed by atoms with Crippen LogP contribution in [0.25, 0.3) is 10.2 Å². The second-order valence-corrected chi connectivity index (χ2v) is 7.77. The average molecular weight is 336 g/mol. The first-order valence-electron chi connectivity index (χ1n) is 7.72. The van der Waals surface area contributed by atoms with Gasteiger partial charge in [0.2, 0.25) is 0 Å². The van der Waals surface area contributed by atoms with E-state index in [4.69, 9.17) is 4.74 Å². The van der Waals surface area contributed by atoms with Crippen molar-refractivity contribution in [1.29, 1.82) is 0 Å². The molecule has 0 bridgehead atoms. The third-order valence-corrected chi connectivity index (χ3v) is 5.98. The zero-order chi connectivity index (χ0) is 15.5. The Bertz CT molecular complexity index is 684. The number of hydrogen-bond donors (Lipinski definition) is 0. The number of aryl methyl sites for hydroxylation is 1. The lowest BCUT2D eigenvalue weighted by molar-refractivity contribution is -0.140. The molecule has 22 heavy (non-hydrogen) atoms. The van der Waals surface area contributed by atoms with E-state index in [1.54, 1.807) is 17.7 Å². The van der Waals surface area contributed by atoms with Crippen LogP contribution in [0.15, 0.2) is 11.4 Å². The van der Waals surface area contributed by atoms with Crippen molar-refractivity contribution in [1.82, 2.24) is 9.97 Å². The number of thiophene rings is 1. The van der Waals surface area contributed by atoms with Crippen LogP contribution >= 0.6 is 23.1 Å². The van der Waals surface area contributed by atoms with Gasteiger partial charge in [-0.05, 0) is 37.2 Å². The Hall–Kier alpha value is -1.14. The Labute approximate surface area is 138 Å². The molecular formula is C16H20N2O2S2. The predicted molar refractivity (Wildman–Crippen MR) is 90.6 cm³/mol. The molecule has 0 amide bonds. The molecule has 2 aromatic heterocycles. The molecule has 0 spiro atoms. The van der Waals surface area contributed by atoms with E-state index in [-0.39, 0.29) is 5.97 Å². The van der Waals surface area contributed by atoms with Crippen LogP contribution in [0.3, 0.4) is 0 Å². The van der Waals surface area contributed by atoms with Crippen LogP contribution in [0.1, 0.15) is 37.1 Å². The van der Waals surface area contributed by atoms with Gasteiger partial charge in [0, 0.05) is 10.3 Å². The Kier molecular flexibility index (Phi) is 4.98. The van der Waals surface area contributed by atoms with Gasteiger partial charge in [-0.2, -0.15) is 0 Å². The lowest BCUT2D eigenvalue weighted by atomic mass is 9.89. The molecule has 0 N–H and O–H groups in total. The summed E-state index contributed by atoms with van der Waals surface area (Å²) in [6.45, 7) is 4.79. The summed E-state index contributed by atoms with van der Waals surface area (Å²) in [5.74, 6) is 0.887. The Morgan fingerprint density at radius 1 is 1.50 bits per heavy atom. The summed E-state index contributed by atoms with van der Waals surface area (Å²) >= 11 is 3.25. The van der Waals surface area contributed by atoms with E-state index in [1.165, 1.54) is 34.0 Å². The molecule has 0 aromatic carbocycles. The average Bonchev–Trinajstić information content (AvgIpc) is 2.88. The van der Waals surface area contributed by atoms with Crippen molar-refractivity contribution >= 4 is 39.3 Å². The SMILES string of the molecule is CCCOC(=O)CSc1ncnc2sc3c(c12)CC[C@@H](C)C3. The molecule has 2 heterocycles. The minimum Gasteiger partial charge on any atom is -0.465 e. The number of hydrogen-bond acceptors (Lipinski definition) is 6. The lowest BCUT2D eigenvalue weighted by Crippen LogP contribution is -2.09. The molecule has 0 saturated heterocycles. The van der Waals surface area contributed by atoms with Crippen molar-refractivity contribution in [2.24, 2.45) is 5.92 Å². The summed E-state index contributed by atoms with van der Waals surface area (Å²) in [4.78, 5) is 23.0. The number of carbonyl (C=O) groups is 1. The normalized spacial score (nSPS) is 17.5. The number of nitrogens with zero attached hydrogens (tertiary/aromatic N) is 2. The number of aromatic nitrogens is 2. The largest absolute Gasteiger partial charge is 0.465 e. The molecule has 6 heteroatoms. The number of ether oxygens (including phenoxy) is 1. The van der Waals surface area contributed by atoms with Gasteiger partial charge in [-0.25, -0.2) is 9.97 Å². The minimum absolute atomic E-state index is 0.170. The molecule has 1 aliphatic carbocycles. The van der Waals surface area contributed by atoms with Gasteiger partial charge in [-0.15, -0.1) is 11.3 Å². The van der Waals surface area contributed by atoms with Crippen LogP contribution in [0.4, 0.5) is 0 Å². The highest BCUT2D eigenvalue weighted by atomic mass is 32.2. The van der Waals surface area contributed by atoms with E-state index in [0.717, 1.165) is 35.0 Å². The Balaban J connectivity index is 1.82. The van der Waals surface area contributed by atoms with Crippen molar-refractivity contribution in [3.05, 3.63) is 16.8 Å². The monoisotopic (exact) mass is 336 g/mol. The highest BCUT2D eigenvalue weighted by Crippen LogP contribution is 2.40. The van der Waals surface area contributed by atoms with Gasteiger partial charge >= 0.3 is 5.97 Å². The molecular weight excluding hydrogens is 316 g/mol.